The summed E-state index contributed by atoms with van der Waals surface area (Å²) in [6.07, 6.45) is 7.58. The molecule has 3 aliphatic heterocycles. The first-order chi connectivity index (χ1) is 27.4. The number of aromatic carboxylic acids is 1. The largest absolute Gasteiger partial charge is 0.478 e. The lowest BCUT2D eigenvalue weighted by atomic mass is 9.98. The van der Waals surface area contributed by atoms with Crippen LogP contribution in [0.3, 0.4) is 0 Å². The summed E-state index contributed by atoms with van der Waals surface area (Å²) in [5, 5.41) is 26.1. The minimum absolute atomic E-state index is 0.00125. The number of aliphatic hydroxyl groups excluding tert-OH is 1. The first-order valence-electron chi connectivity index (χ1n) is 19.1. The number of hydrogen-bond acceptors (Lipinski definition) is 10. The van der Waals surface area contributed by atoms with Gasteiger partial charge in [0.05, 0.1) is 22.3 Å². The number of carboxylic acids is 1. The second-order valence-electron chi connectivity index (χ2n) is 13.2. The minimum atomic E-state index is -1.40. The van der Waals surface area contributed by atoms with Gasteiger partial charge in [0, 0.05) is 42.2 Å². The molecule has 4 aromatic rings. The highest BCUT2D eigenvalue weighted by Gasteiger charge is 2.43. The number of unbranched alkanes of at least 4 members (excludes halogenated alkanes) is 3. The molecule has 7 rings (SSSR count). The molecule has 0 aromatic heterocycles. The first kappa shape index (κ1) is 45.5. The Bertz CT molecular complexity index is 1980. The van der Waals surface area contributed by atoms with Crippen LogP contribution in [0.5, 0.6) is 0 Å². The third-order valence-electron chi connectivity index (χ3n) is 9.17. The van der Waals surface area contributed by atoms with Crippen LogP contribution in [0.1, 0.15) is 153 Å². The molecule has 4 aromatic carbocycles. The highest BCUT2D eigenvalue weighted by atomic mass is 16.7. The fourth-order valence-electron chi connectivity index (χ4n) is 6.20. The van der Waals surface area contributed by atoms with Crippen LogP contribution in [-0.2, 0) is 20.0 Å². The smallest absolute Gasteiger partial charge is 0.344 e. The highest BCUT2D eigenvalue weighted by molar-refractivity contribution is 6.05. The number of cyclic esters (lactones) is 3. The normalized spacial score (nSPS) is 16.5. The number of ether oxygens (including phenoxy) is 3. The van der Waals surface area contributed by atoms with E-state index in [9.17, 15) is 29.1 Å². The lowest BCUT2D eigenvalue weighted by Crippen LogP contribution is -2.25. The Morgan fingerprint density at radius 1 is 0.667 bits per heavy atom. The van der Waals surface area contributed by atoms with E-state index in [2.05, 4.69) is 13.5 Å². The molecule has 0 spiro atoms. The highest BCUT2D eigenvalue weighted by Crippen LogP contribution is 2.38. The van der Waals surface area contributed by atoms with Crippen molar-refractivity contribution in [1.82, 2.24) is 0 Å². The van der Waals surface area contributed by atoms with Crippen molar-refractivity contribution in [3.63, 3.8) is 0 Å². The van der Waals surface area contributed by atoms with Gasteiger partial charge in [0.2, 0.25) is 5.79 Å². The van der Waals surface area contributed by atoms with Gasteiger partial charge >= 0.3 is 23.9 Å². The lowest BCUT2D eigenvalue weighted by Gasteiger charge is -2.21. The molecule has 0 saturated carbocycles. The SMILES string of the molecule is C=C1OC(=O)c2ccccc21.CCCCC(=O)c1ccccc1C(=O)O.CCCCC1(O)OC(=O)c2ccccc21.CCCCC1OC(=O)c2ccccc21.CO. The molecule has 3 N–H and O–H groups in total. The quantitative estimate of drug-likeness (QED) is 0.0751. The maximum atomic E-state index is 11.7. The van der Waals surface area contributed by atoms with Gasteiger partial charge < -0.3 is 29.5 Å². The molecule has 0 bridgehead atoms. The average Bonchev–Trinajstić information content (AvgIpc) is 3.82. The number of hydrogen-bond donors (Lipinski definition) is 3. The zero-order chi connectivity index (χ0) is 42.0. The maximum absolute atomic E-state index is 11.7. The molecule has 0 radical (unpaired) electrons. The Morgan fingerprint density at radius 3 is 1.82 bits per heavy atom. The molecule has 3 heterocycles. The van der Waals surface area contributed by atoms with E-state index >= 15 is 0 Å². The van der Waals surface area contributed by atoms with Crippen LogP contribution in [-0.4, -0.2) is 52.1 Å². The number of carbonyl (C=O) groups excluding carboxylic acids is 4. The Labute approximate surface area is 333 Å². The second-order valence-corrected chi connectivity index (χ2v) is 13.2. The maximum Gasteiger partial charge on any atom is 0.344 e. The fourth-order valence-corrected chi connectivity index (χ4v) is 6.20. The standard InChI is InChI=1S/2C12H14O3.C12H14O2.C9H6O2.CH4O/c1-2-3-8-12(14)10-7-5-4-6-9(10)11(13)15-12;1-2-3-8-11(13)9-6-4-5-7-10(9)12(14)15;1-2-3-8-11-9-6-4-5-7-10(9)12(13)14-11;1-6-7-4-2-3-5-8(7)9(10)11-6;1-2/h4-7,14H,2-3,8H2,1H3;4-7H,2-3,8H2,1H3,(H,14,15);4-7,11H,2-3,8H2,1H3;2-5H,1H2;2H,1H3. The topological polar surface area (TPSA) is 174 Å². The first-order valence-corrected chi connectivity index (χ1v) is 19.1. The van der Waals surface area contributed by atoms with E-state index in [-0.39, 0.29) is 29.4 Å². The predicted octanol–water partition coefficient (Wildman–Crippen LogP) is 9.47. The number of carbonyl (C=O) groups is 5. The van der Waals surface area contributed by atoms with E-state index in [4.69, 9.17) is 24.4 Å². The predicted molar refractivity (Wildman–Crippen MR) is 216 cm³/mol. The Kier molecular flexibility index (Phi) is 18.0. The lowest BCUT2D eigenvalue weighted by molar-refractivity contribution is -0.168. The minimum Gasteiger partial charge on any atom is -0.478 e. The summed E-state index contributed by atoms with van der Waals surface area (Å²) in [4.78, 5) is 56.4. The van der Waals surface area contributed by atoms with E-state index < -0.39 is 17.7 Å². The summed E-state index contributed by atoms with van der Waals surface area (Å²) in [5.74, 6) is -2.98. The molecule has 3 aliphatic rings. The van der Waals surface area contributed by atoms with Gasteiger partial charge in [-0.2, -0.15) is 0 Å². The number of rotatable bonds is 11. The van der Waals surface area contributed by atoms with E-state index in [1.54, 1.807) is 54.6 Å². The molecule has 0 aliphatic carbocycles. The van der Waals surface area contributed by atoms with Gasteiger partial charge in [0.15, 0.2) is 5.78 Å². The number of carboxylic acid groups (broad SMARTS) is 1. The molecule has 0 amide bonds. The fraction of sp³-hybridized carbons (Fsp3) is 0.326. The van der Waals surface area contributed by atoms with Crippen LogP contribution in [0.4, 0.5) is 0 Å². The molecule has 11 heteroatoms. The van der Waals surface area contributed by atoms with Crippen LogP contribution >= 0.6 is 0 Å². The van der Waals surface area contributed by atoms with Crippen LogP contribution in [0, 0.1) is 0 Å². The summed E-state index contributed by atoms with van der Waals surface area (Å²) in [6, 6.07) is 28.2. The van der Waals surface area contributed by atoms with E-state index in [1.807, 2.05) is 50.2 Å². The third-order valence-corrected chi connectivity index (χ3v) is 9.17. The molecule has 0 fully saturated rings. The molecule has 0 saturated heterocycles. The van der Waals surface area contributed by atoms with Gasteiger partial charge in [-0.1, -0.05) is 119 Å². The van der Waals surface area contributed by atoms with Crippen molar-refractivity contribution in [2.24, 2.45) is 0 Å². The van der Waals surface area contributed by atoms with Crippen molar-refractivity contribution >= 4 is 35.4 Å². The van der Waals surface area contributed by atoms with E-state index in [1.165, 1.54) is 6.07 Å². The number of ketones is 1. The molecule has 302 valence electrons. The number of esters is 3. The molecule has 57 heavy (non-hydrogen) atoms. The molecule has 11 nitrogen and oxygen atoms in total. The van der Waals surface area contributed by atoms with Crippen molar-refractivity contribution < 1.29 is 53.5 Å². The van der Waals surface area contributed by atoms with Crippen LogP contribution in [0.15, 0.2) is 104 Å². The van der Waals surface area contributed by atoms with Gasteiger partial charge in [-0.05, 0) is 49.9 Å². The molecule has 2 unspecified atom stereocenters. The third kappa shape index (κ3) is 12.0. The summed E-state index contributed by atoms with van der Waals surface area (Å²) >= 11 is 0. The van der Waals surface area contributed by atoms with Gasteiger partial charge in [0.25, 0.3) is 0 Å². The van der Waals surface area contributed by atoms with Crippen molar-refractivity contribution in [3.05, 3.63) is 148 Å². The van der Waals surface area contributed by atoms with Crippen molar-refractivity contribution in [1.29, 1.82) is 0 Å². The van der Waals surface area contributed by atoms with Crippen LogP contribution < -0.4 is 0 Å². The zero-order valence-corrected chi connectivity index (χ0v) is 33.0. The van der Waals surface area contributed by atoms with Gasteiger partial charge in [0.1, 0.15) is 11.9 Å². The summed E-state index contributed by atoms with van der Waals surface area (Å²) in [7, 11) is 1.00. The van der Waals surface area contributed by atoms with Gasteiger partial charge in [-0.25, -0.2) is 19.2 Å². The zero-order valence-electron chi connectivity index (χ0n) is 33.0. The molecular formula is C46H52O11. The van der Waals surface area contributed by atoms with Crippen molar-refractivity contribution in [3.8, 4) is 0 Å². The van der Waals surface area contributed by atoms with Gasteiger partial charge in [-0.3, -0.25) is 4.79 Å². The van der Waals surface area contributed by atoms with E-state index in [0.717, 1.165) is 68.7 Å². The number of Topliss-reactive ketones (excluding diaryl/α,β-unsaturated/α-hetero) is 1. The van der Waals surface area contributed by atoms with Crippen molar-refractivity contribution in [2.45, 2.75) is 90.4 Å². The number of aliphatic hydroxyl groups is 2. The number of fused-ring (bicyclic) bond motifs is 3. The van der Waals surface area contributed by atoms with Crippen LogP contribution in [0.25, 0.3) is 5.76 Å². The number of benzene rings is 4. The monoisotopic (exact) mass is 780 g/mol. The van der Waals surface area contributed by atoms with E-state index in [0.29, 0.717) is 40.9 Å². The Hall–Kier alpha value is -5.91. The summed E-state index contributed by atoms with van der Waals surface area (Å²) < 4.78 is 15.1. The van der Waals surface area contributed by atoms with Gasteiger partial charge in [-0.15, -0.1) is 0 Å². The van der Waals surface area contributed by atoms with Crippen LogP contribution in [0.2, 0.25) is 0 Å². The second kappa shape index (κ2) is 22.6. The average molecular weight is 781 g/mol. The molecular weight excluding hydrogens is 728 g/mol. The Balaban J connectivity index is 0.000000201. The molecule has 2 atom stereocenters. The summed E-state index contributed by atoms with van der Waals surface area (Å²) in [6.45, 7) is 9.77. The Morgan fingerprint density at radius 2 is 1.21 bits per heavy atom. The summed E-state index contributed by atoms with van der Waals surface area (Å²) in [5.41, 5.74) is 4.71. The van der Waals surface area contributed by atoms with Crippen molar-refractivity contribution in [2.75, 3.05) is 7.11 Å².